The largest absolute Gasteiger partial charge is 0.299 e. The SMILES string of the molecule is O=C1CC=C(C(=O)C(=O)CC(=O)CC(=O)c2ccccc2)C(=O)C1. The van der Waals surface area contributed by atoms with Gasteiger partial charge in [-0.2, -0.15) is 0 Å². The van der Waals surface area contributed by atoms with Crippen LogP contribution in [0.15, 0.2) is 42.0 Å². The van der Waals surface area contributed by atoms with Crippen LogP contribution < -0.4 is 0 Å². The van der Waals surface area contributed by atoms with E-state index in [4.69, 9.17) is 0 Å². The summed E-state index contributed by atoms with van der Waals surface area (Å²) in [7, 11) is 0. The van der Waals surface area contributed by atoms with Crippen LogP contribution in [0.2, 0.25) is 0 Å². The van der Waals surface area contributed by atoms with Crippen molar-refractivity contribution in [1.82, 2.24) is 0 Å². The summed E-state index contributed by atoms with van der Waals surface area (Å²) < 4.78 is 0. The van der Waals surface area contributed by atoms with E-state index >= 15 is 0 Å². The average Bonchev–Trinajstić information content (AvgIpc) is 2.54. The number of hydrogen-bond donors (Lipinski definition) is 0. The van der Waals surface area contributed by atoms with Crippen molar-refractivity contribution < 1.29 is 28.8 Å². The Morgan fingerprint density at radius 3 is 2.21 bits per heavy atom. The molecule has 0 spiro atoms. The molecule has 0 amide bonds. The molecule has 0 atom stereocenters. The molecule has 0 unspecified atom stereocenters. The molecular weight excluding hydrogens is 312 g/mol. The van der Waals surface area contributed by atoms with Gasteiger partial charge in [0.15, 0.2) is 11.6 Å². The van der Waals surface area contributed by atoms with Gasteiger partial charge in [-0.15, -0.1) is 0 Å². The van der Waals surface area contributed by atoms with Gasteiger partial charge in [0.2, 0.25) is 11.6 Å². The fraction of sp³-hybridized carbons (Fsp3) is 0.222. The second-order valence-corrected chi connectivity index (χ2v) is 5.39. The van der Waals surface area contributed by atoms with Gasteiger partial charge in [-0.25, -0.2) is 0 Å². The van der Waals surface area contributed by atoms with Crippen LogP contribution in [0.5, 0.6) is 0 Å². The van der Waals surface area contributed by atoms with Crippen LogP contribution >= 0.6 is 0 Å². The standard InChI is InChI=1S/C18H14O6/c19-12-6-7-14(16(22)8-12)18(24)17(23)10-13(20)9-15(21)11-4-2-1-3-5-11/h1-5,7H,6,8-10H2. The van der Waals surface area contributed by atoms with Crippen LogP contribution in [0.3, 0.4) is 0 Å². The summed E-state index contributed by atoms with van der Waals surface area (Å²) in [4.78, 5) is 70.1. The number of Topliss-reactive ketones (excluding diaryl/α,β-unsaturated/α-hetero) is 6. The molecule has 0 saturated heterocycles. The van der Waals surface area contributed by atoms with Gasteiger partial charge < -0.3 is 0 Å². The topological polar surface area (TPSA) is 102 Å². The number of hydrogen-bond acceptors (Lipinski definition) is 6. The molecular formula is C18H14O6. The van der Waals surface area contributed by atoms with E-state index in [2.05, 4.69) is 0 Å². The number of rotatable bonds is 7. The predicted octanol–water partition coefficient (Wildman–Crippen LogP) is 1.22. The summed E-state index contributed by atoms with van der Waals surface area (Å²) in [5.74, 6) is -4.30. The molecule has 1 aromatic carbocycles. The first kappa shape index (κ1) is 17.3. The molecule has 24 heavy (non-hydrogen) atoms. The molecule has 0 bridgehead atoms. The Labute approximate surface area is 137 Å². The molecule has 0 heterocycles. The molecule has 0 radical (unpaired) electrons. The van der Waals surface area contributed by atoms with Gasteiger partial charge >= 0.3 is 0 Å². The summed E-state index contributed by atoms with van der Waals surface area (Å²) in [6.45, 7) is 0. The molecule has 6 heteroatoms. The Balaban J connectivity index is 1.95. The second kappa shape index (κ2) is 7.50. The van der Waals surface area contributed by atoms with Crippen LogP contribution in [0.4, 0.5) is 0 Å². The third-order valence-corrected chi connectivity index (χ3v) is 3.50. The fourth-order valence-electron chi connectivity index (χ4n) is 2.27. The number of carbonyl (C=O) groups is 6. The van der Waals surface area contributed by atoms with E-state index in [1.807, 2.05) is 0 Å². The summed E-state index contributed by atoms with van der Waals surface area (Å²) >= 11 is 0. The zero-order valence-electron chi connectivity index (χ0n) is 12.7. The van der Waals surface area contributed by atoms with Crippen LogP contribution in [0.25, 0.3) is 0 Å². The third-order valence-electron chi connectivity index (χ3n) is 3.50. The molecule has 0 aromatic heterocycles. The average molecular weight is 326 g/mol. The quantitative estimate of drug-likeness (QED) is 0.323. The maximum atomic E-state index is 11.9. The van der Waals surface area contributed by atoms with Crippen LogP contribution in [0.1, 0.15) is 36.0 Å². The minimum Gasteiger partial charge on any atom is -0.299 e. The van der Waals surface area contributed by atoms with Crippen molar-refractivity contribution in [2.45, 2.75) is 25.7 Å². The van der Waals surface area contributed by atoms with E-state index in [1.165, 1.54) is 0 Å². The molecule has 0 aliphatic heterocycles. The Bertz CT molecular complexity index is 770. The van der Waals surface area contributed by atoms with Gasteiger partial charge in [-0.1, -0.05) is 36.4 Å². The van der Waals surface area contributed by atoms with E-state index in [1.54, 1.807) is 30.3 Å². The molecule has 2 rings (SSSR count). The van der Waals surface area contributed by atoms with Gasteiger partial charge in [0, 0.05) is 12.0 Å². The zero-order valence-corrected chi connectivity index (χ0v) is 12.7. The first-order valence-electron chi connectivity index (χ1n) is 7.31. The highest BCUT2D eigenvalue weighted by Gasteiger charge is 2.30. The van der Waals surface area contributed by atoms with Crippen molar-refractivity contribution in [2.75, 3.05) is 0 Å². The summed E-state index contributed by atoms with van der Waals surface area (Å²) in [5, 5.41) is 0. The van der Waals surface area contributed by atoms with Gasteiger partial charge in [-0.05, 0) is 0 Å². The van der Waals surface area contributed by atoms with Crippen molar-refractivity contribution in [3.05, 3.63) is 47.5 Å². The Kier molecular flexibility index (Phi) is 5.42. The van der Waals surface area contributed by atoms with Crippen molar-refractivity contribution >= 4 is 34.7 Å². The van der Waals surface area contributed by atoms with Crippen molar-refractivity contribution in [3.8, 4) is 0 Å². The van der Waals surface area contributed by atoms with Crippen LogP contribution in [-0.2, 0) is 24.0 Å². The lowest BCUT2D eigenvalue weighted by Gasteiger charge is -2.09. The van der Waals surface area contributed by atoms with Gasteiger partial charge in [0.1, 0.15) is 11.6 Å². The lowest BCUT2D eigenvalue weighted by atomic mass is 9.91. The monoisotopic (exact) mass is 326 g/mol. The van der Waals surface area contributed by atoms with Crippen LogP contribution in [0, 0.1) is 0 Å². The second-order valence-electron chi connectivity index (χ2n) is 5.39. The number of carbonyl (C=O) groups excluding carboxylic acids is 6. The highest BCUT2D eigenvalue weighted by atomic mass is 16.2. The molecule has 122 valence electrons. The van der Waals surface area contributed by atoms with E-state index in [-0.39, 0.29) is 17.8 Å². The van der Waals surface area contributed by atoms with E-state index < -0.39 is 48.2 Å². The van der Waals surface area contributed by atoms with Crippen molar-refractivity contribution in [3.63, 3.8) is 0 Å². The molecule has 6 nitrogen and oxygen atoms in total. The fourth-order valence-corrected chi connectivity index (χ4v) is 2.27. The summed E-state index contributed by atoms with van der Waals surface area (Å²) in [6, 6.07) is 8.11. The Hall–Kier alpha value is -3.02. The highest BCUT2D eigenvalue weighted by molar-refractivity contribution is 6.52. The van der Waals surface area contributed by atoms with E-state index in [9.17, 15) is 28.8 Å². The summed E-state index contributed by atoms with van der Waals surface area (Å²) in [5.41, 5.74) is -0.00455. The minimum absolute atomic E-state index is 0.0828. The molecule has 0 saturated carbocycles. The molecule has 0 fully saturated rings. The maximum absolute atomic E-state index is 11.9. The summed E-state index contributed by atoms with van der Waals surface area (Å²) in [6.07, 6.45) is -0.607. The number of benzene rings is 1. The Morgan fingerprint density at radius 1 is 0.917 bits per heavy atom. The lowest BCUT2D eigenvalue weighted by Crippen LogP contribution is -2.27. The molecule has 0 N–H and O–H groups in total. The molecule has 1 aliphatic rings. The minimum atomic E-state index is -1.08. The van der Waals surface area contributed by atoms with Crippen LogP contribution in [-0.4, -0.2) is 34.7 Å². The normalized spacial score (nSPS) is 14.1. The van der Waals surface area contributed by atoms with E-state index in [0.717, 1.165) is 6.08 Å². The van der Waals surface area contributed by atoms with Gasteiger partial charge in [0.05, 0.1) is 24.8 Å². The van der Waals surface area contributed by atoms with Gasteiger partial charge in [-0.3, -0.25) is 28.8 Å². The lowest BCUT2D eigenvalue weighted by molar-refractivity contribution is -0.138. The maximum Gasteiger partial charge on any atom is 0.232 e. The zero-order chi connectivity index (χ0) is 17.7. The smallest absolute Gasteiger partial charge is 0.232 e. The predicted molar refractivity (Wildman–Crippen MR) is 82.4 cm³/mol. The van der Waals surface area contributed by atoms with Gasteiger partial charge in [0.25, 0.3) is 0 Å². The first-order chi connectivity index (χ1) is 11.4. The van der Waals surface area contributed by atoms with Crippen molar-refractivity contribution in [2.24, 2.45) is 0 Å². The number of allylic oxidation sites excluding steroid dienone is 2. The highest BCUT2D eigenvalue weighted by Crippen LogP contribution is 2.14. The van der Waals surface area contributed by atoms with E-state index in [0.29, 0.717) is 5.56 Å². The molecule has 1 aromatic rings. The third kappa shape index (κ3) is 4.25. The first-order valence-corrected chi connectivity index (χ1v) is 7.31. The molecule has 1 aliphatic carbocycles. The van der Waals surface area contributed by atoms with Crippen molar-refractivity contribution in [1.29, 1.82) is 0 Å². The number of ketones is 6. The Morgan fingerprint density at radius 2 is 1.58 bits per heavy atom.